The molecule has 0 aromatic carbocycles. The van der Waals surface area contributed by atoms with E-state index >= 15 is 0 Å². The van der Waals surface area contributed by atoms with E-state index < -0.39 is 5.97 Å². The Labute approximate surface area is 75.0 Å². The molecule has 0 saturated carbocycles. The fourth-order valence-corrected chi connectivity index (χ4v) is 1.77. The third-order valence-corrected chi connectivity index (χ3v) is 2.51. The van der Waals surface area contributed by atoms with Crippen LogP contribution in [0.15, 0.2) is 0 Å². The van der Waals surface area contributed by atoms with Gasteiger partial charge < -0.3 is 5.11 Å². The van der Waals surface area contributed by atoms with Crippen molar-refractivity contribution in [1.82, 2.24) is 0 Å². The zero-order valence-corrected chi connectivity index (χ0v) is 8.34. The molecule has 0 aromatic rings. The van der Waals surface area contributed by atoms with Gasteiger partial charge in [-0.25, -0.2) is 0 Å². The van der Waals surface area contributed by atoms with Gasteiger partial charge in [0, 0.05) is 0 Å². The van der Waals surface area contributed by atoms with E-state index in [1.54, 1.807) is 0 Å². The van der Waals surface area contributed by atoms with Gasteiger partial charge in [0.15, 0.2) is 0 Å². The zero-order chi connectivity index (χ0) is 9.56. The molecule has 2 atom stereocenters. The minimum atomic E-state index is -0.627. The molecule has 2 nitrogen and oxygen atoms in total. The first-order valence-corrected chi connectivity index (χ1v) is 4.90. The van der Waals surface area contributed by atoms with Crippen molar-refractivity contribution in [2.45, 2.75) is 46.5 Å². The van der Waals surface area contributed by atoms with Gasteiger partial charge >= 0.3 is 5.97 Å². The largest absolute Gasteiger partial charge is 0.481 e. The first kappa shape index (κ1) is 11.5. The monoisotopic (exact) mass is 172 g/mol. The Hall–Kier alpha value is -0.530. The van der Waals surface area contributed by atoms with Gasteiger partial charge in [-0.1, -0.05) is 33.6 Å². The first-order chi connectivity index (χ1) is 5.67. The standard InChI is InChI=1S/C10H20O2/c1-4-7-8(5-2)9(6-3)10(11)12/h8-9H,4-7H2,1-3H3,(H,11,12). The number of aliphatic carboxylic acids is 1. The zero-order valence-electron chi connectivity index (χ0n) is 8.34. The van der Waals surface area contributed by atoms with Crippen molar-refractivity contribution in [1.29, 1.82) is 0 Å². The lowest BCUT2D eigenvalue weighted by Crippen LogP contribution is -2.22. The van der Waals surface area contributed by atoms with E-state index in [9.17, 15) is 4.79 Å². The van der Waals surface area contributed by atoms with Crippen LogP contribution in [0, 0.1) is 11.8 Å². The van der Waals surface area contributed by atoms with Gasteiger partial charge in [0.05, 0.1) is 5.92 Å². The van der Waals surface area contributed by atoms with Crippen LogP contribution in [0.25, 0.3) is 0 Å². The van der Waals surface area contributed by atoms with Gasteiger partial charge in [0.2, 0.25) is 0 Å². The van der Waals surface area contributed by atoms with E-state index in [4.69, 9.17) is 5.11 Å². The number of hydrogen-bond acceptors (Lipinski definition) is 1. The molecule has 1 N–H and O–H groups in total. The maximum atomic E-state index is 10.8. The second-order valence-corrected chi connectivity index (χ2v) is 3.31. The van der Waals surface area contributed by atoms with Crippen LogP contribution in [0.1, 0.15) is 46.5 Å². The van der Waals surface area contributed by atoms with Crippen LogP contribution in [0.3, 0.4) is 0 Å². The van der Waals surface area contributed by atoms with E-state index in [-0.39, 0.29) is 5.92 Å². The first-order valence-electron chi connectivity index (χ1n) is 4.90. The molecule has 72 valence electrons. The maximum absolute atomic E-state index is 10.8. The Morgan fingerprint density at radius 3 is 2.08 bits per heavy atom. The van der Waals surface area contributed by atoms with Crippen LogP contribution in [-0.2, 0) is 4.79 Å². The van der Waals surface area contributed by atoms with Gasteiger partial charge in [0.25, 0.3) is 0 Å². The highest BCUT2D eigenvalue weighted by atomic mass is 16.4. The van der Waals surface area contributed by atoms with E-state index in [0.717, 1.165) is 25.7 Å². The number of carboxylic acids is 1. The molecule has 2 heteroatoms. The van der Waals surface area contributed by atoms with Crippen molar-refractivity contribution in [3.63, 3.8) is 0 Å². The average Bonchev–Trinajstić information content (AvgIpc) is 2.03. The normalized spacial score (nSPS) is 15.6. The molecule has 0 amide bonds. The van der Waals surface area contributed by atoms with Crippen LogP contribution in [0.2, 0.25) is 0 Å². The maximum Gasteiger partial charge on any atom is 0.306 e. The third-order valence-electron chi connectivity index (χ3n) is 2.51. The summed E-state index contributed by atoms with van der Waals surface area (Å²) in [6.07, 6.45) is 3.87. The Morgan fingerprint density at radius 2 is 1.83 bits per heavy atom. The van der Waals surface area contributed by atoms with Crippen LogP contribution >= 0.6 is 0 Å². The molecule has 0 bridgehead atoms. The van der Waals surface area contributed by atoms with E-state index in [0.29, 0.717) is 5.92 Å². The molecule has 0 aliphatic heterocycles. The number of rotatable bonds is 6. The van der Waals surface area contributed by atoms with Crippen molar-refractivity contribution in [3.8, 4) is 0 Å². The molecule has 0 rings (SSSR count). The lowest BCUT2D eigenvalue weighted by molar-refractivity contribution is -0.144. The summed E-state index contributed by atoms with van der Waals surface area (Å²) in [5.41, 5.74) is 0. The second-order valence-electron chi connectivity index (χ2n) is 3.31. The smallest absolute Gasteiger partial charge is 0.306 e. The molecule has 2 unspecified atom stereocenters. The SMILES string of the molecule is CCCC(CC)C(CC)C(=O)O. The summed E-state index contributed by atoms with van der Waals surface area (Å²) >= 11 is 0. The quantitative estimate of drug-likeness (QED) is 0.668. The molecular weight excluding hydrogens is 152 g/mol. The van der Waals surface area contributed by atoms with Crippen molar-refractivity contribution in [3.05, 3.63) is 0 Å². The van der Waals surface area contributed by atoms with Gasteiger partial charge in [-0.2, -0.15) is 0 Å². The minimum absolute atomic E-state index is 0.130. The van der Waals surface area contributed by atoms with Gasteiger partial charge in [-0.15, -0.1) is 0 Å². The highest BCUT2D eigenvalue weighted by molar-refractivity contribution is 5.70. The lowest BCUT2D eigenvalue weighted by atomic mass is 9.85. The van der Waals surface area contributed by atoms with Crippen LogP contribution in [-0.4, -0.2) is 11.1 Å². The van der Waals surface area contributed by atoms with Crippen LogP contribution in [0.5, 0.6) is 0 Å². The highest BCUT2D eigenvalue weighted by Gasteiger charge is 2.23. The molecule has 0 heterocycles. The molecular formula is C10H20O2. The number of carboxylic acid groups (broad SMARTS) is 1. The number of hydrogen-bond donors (Lipinski definition) is 1. The predicted molar refractivity (Wildman–Crippen MR) is 50.1 cm³/mol. The topological polar surface area (TPSA) is 37.3 Å². The fourth-order valence-electron chi connectivity index (χ4n) is 1.77. The third kappa shape index (κ3) is 3.24. The van der Waals surface area contributed by atoms with E-state index in [1.807, 2.05) is 6.92 Å². The molecule has 0 aromatic heterocycles. The van der Waals surface area contributed by atoms with Gasteiger partial charge in [-0.05, 0) is 18.8 Å². The van der Waals surface area contributed by atoms with Gasteiger partial charge in [-0.3, -0.25) is 4.79 Å². The van der Waals surface area contributed by atoms with Crippen LogP contribution in [0.4, 0.5) is 0 Å². The Bertz CT molecular complexity index is 132. The summed E-state index contributed by atoms with van der Waals surface area (Å²) in [4.78, 5) is 10.8. The lowest BCUT2D eigenvalue weighted by Gasteiger charge is -2.20. The summed E-state index contributed by atoms with van der Waals surface area (Å²) in [5, 5.41) is 8.90. The van der Waals surface area contributed by atoms with E-state index in [1.165, 1.54) is 0 Å². The molecule has 0 fully saturated rings. The molecule has 0 saturated heterocycles. The molecule has 12 heavy (non-hydrogen) atoms. The van der Waals surface area contributed by atoms with Crippen molar-refractivity contribution in [2.24, 2.45) is 11.8 Å². The summed E-state index contributed by atoms with van der Waals surface area (Å²) in [6, 6.07) is 0. The Kier molecular flexibility index (Phi) is 5.77. The molecule has 0 aliphatic rings. The summed E-state index contributed by atoms with van der Waals surface area (Å²) < 4.78 is 0. The average molecular weight is 172 g/mol. The minimum Gasteiger partial charge on any atom is -0.481 e. The predicted octanol–water partition coefficient (Wildman–Crippen LogP) is 2.92. The molecule has 0 radical (unpaired) electrons. The van der Waals surface area contributed by atoms with Crippen LogP contribution < -0.4 is 0 Å². The summed E-state index contributed by atoms with van der Waals surface area (Å²) in [7, 11) is 0. The summed E-state index contributed by atoms with van der Waals surface area (Å²) in [6.45, 7) is 6.14. The highest BCUT2D eigenvalue weighted by Crippen LogP contribution is 2.24. The second kappa shape index (κ2) is 6.04. The Balaban J connectivity index is 4.12. The Morgan fingerprint density at radius 1 is 1.25 bits per heavy atom. The van der Waals surface area contributed by atoms with Gasteiger partial charge in [0.1, 0.15) is 0 Å². The van der Waals surface area contributed by atoms with Crippen molar-refractivity contribution < 1.29 is 9.90 Å². The fraction of sp³-hybridized carbons (Fsp3) is 0.900. The van der Waals surface area contributed by atoms with Crippen molar-refractivity contribution >= 4 is 5.97 Å². The molecule has 0 aliphatic carbocycles. The summed E-state index contributed by atoms with van der Waals surface area (Å²) in [5.74, 6) is -0.384. The number of carbonyl (C=O) groups is 1. The van der Waals surface area contributed by atoms with E-state index in [2.05, 4.69) is 13.8 Å². The molecule has 0 spiro atoms. The van der Waals surface area contributed by atoms with Crippen molar-refractivity contribution in [2.75, 3.05) is 0 Å².